The molecule has 1 aliphatic heterocycles. The van der Waals surface area contributed by atoms with Gasteiger partial charge in [0, 0.05) is 37.8 Å². The Kier molecular flexibility index (Phi) is 5.66. The van der Waals surface area contributed by atoms with Crippen LogP contribution in [-0.4, -0.2) is 58.6 Å². The number of pyridine rings is 1. The van der Waals surface area contributed by atoms with Gasteiger partial charge in [0.25, 0.3) is 0 Å². The molecule has 0 unspecified atom stereocenters. The number of piperazine rings is 1. The highest BCUT2D eigenvalue weighted by Gasteiger charge is 2.28. The van der Waals surface area contributed by atoms with E-state index in [1.54, 1.807) is 31.4 Å². The van der Waals surface area contributed by atoms with E-state index in [0.717, 1.165) is 49.2 Å². The predicted molar refractivity (Wildman–Crippen MR) is 119 cm³/mol. The molecule has 0 aliphatic carbocycles. The zero-order valence-corrected chi connectivity index (χ0v) is 18.4. The molecule has 2 heterocycles. The van der Waals surface area contributed by atoms with Crippen molar-refractivity contribution in [3.05, 3.63) is 54.2 Å². The van der Waals surface area contributed by atoms with Crippen molar-refractivity contribution in [2.24, 2.45) is 0 Å². The molecule has 0 spiro atoms. The minimum atomic E-state index is -3.74. The number of methoxy groups -OCH3 is 1. The number of fused-ring (bicyclic) bond motifs is 1. The smallest absolute Gasteiger partial charge is 0.210 e. The molecule has 1 aliphatic rings. The van der Waals surface area contributed by atoms with Crippen LogP contribution in [0.2, 0.25) is 0 Å². The Morgan fingerprint density at radius 3 is 2.37 bits per heavy atom. The summed E-state index contributed by atoms with van der Waals surface area (Å²) in [6, 6.07) is 12.7. The number of rotatable bonds is 5. The van der Waals surface area contributed by atoms with Gasteiger partial charge < -0.3 is 14.5 Å². The minimum Gasteiger partial charge on any atom is -0.497 e. The third-order valence-electron chi connectivity index (χ3n) is 5.76. The van der Waals surface area contributed by atoms with Gasteiger partial charge >= 0.3 is 0 Å². The van der Waals surface area contributed by atoms with Crippen molar-refractivity contribution in [1.82, 2.24) is 9.88 Å². The molecule has 1 saturated heterocycles. The standard InChI is InChI=1S/C23H27N3O3S/c1-4-17-5-10-21-20(15-17)23(26-13-11-25(2)12-14-26)22(16-24-21)30(27,28)19-8-6-18(29-3)7-9-19/h5-10,15-16H,4,11-14H2,1-3H3. The second-order valence-electron chi connectivity index (χ2n) is 7.65. The number of likely N-dealkylation sites (N-methyl/N-ethyl adjacent to an activating group) is 1. The van der Waals surface area contributed by atoms with E-state index in [4.69, 9.17) is 4.74 Å². The quantitative estimate of drug-likeness (QED) is 0.624. The largest absolute Gasteiger partial charge is 0.497 e. The van der Waals surface area contributed by atoms with Crippen LogP contribution in [0.5, 0.6) is 5.75 Å². The Labute approximate surface area is 178 Å². The predicted octanol–water partition coefficient (Wildman–Crippen LogP) is 3.39. The van der Waals surface area contributed by atoms with Crippen LogP contribution in [0.3, 0.4) is 0 Å². The van der Waals surface area contributed by atoms with Gasteiger partial charge in [0.05, 0.1) is 23.2 Å². The lowest BCUT2D eigenvalue weighted by atomic mass is 10.1. The van der Waals surface area contributed by atoms with Crippen molar-refractivity contribution in [1.29, 1.82) is 0 Å². The molecule has 0 atom stereocenters. The van der Waals surface area contributed by atoms with E-state index in [1.165, 1.54) is 11.8 Å². The molecule has 30 heavy (non-hydrogen) atoms. The molecular weight excluding hydrogens is 398 g/mol. The average molecular weight is 426 g/mol. The summed E-state index contributed by atoms with van der Waals surface area (Å²) in [5, 5.41) is 0.897. The summed E-state index contributed by atoms with van der Waals surface area (Å²) in [7, 11) is -0.0893. The number of hydrogen-bond acceptors (Lipinski definition) is 6. The fourth-order valence-corrected chi connectivity index (χ4v) is 5.30. The topological polar surface area (TPSA) is 62.7 Å². The van der Waals surface area contributed by atoms with Crippen molar-refractivity contribution in [3.63, 3.8) is 0 Å². The number of aryl methyl sites for hydroxylation is 1. The molecule has 0 N–H and O–H groups in total. The zero-order valence-electron chi connectivity index (χ0n) is 17.6. The molecule has 0 radical (unpaired) electrons. The van der Waals surface area contributed by atoms with Crippen molar-refractivity contribution in [2.75, 3.05) is 45.2 Å². The van der Waals surface area contributed by atoms with Gasteiger partial charge in [0.2, 0.25) is 9.84 Å². The van der Waals surface area contributed by atoms with E-state index in [0.29, 0.717) is 5.75 Å². The maximum Gasteiger partial charge on any atom is 0.210 e. The summed E-state index contributed by atoms with van der Waals surface area (Å²) in [5.74, 6) is 0.623. The first-order chi connectivity index (χ1) is 14.4. The molecule has 2 aromatic carbocycles. The summed E-state index contributed by atoms with van der Waals surface area (Å²) in [6.45, 7) is 5.43. The Morgan fingerprint density at radius 2 is 1.73 bits per heavy atom. The summed E-state index contributed by atoms with van der Waals surface area (Å²) in [5.41, 5.74) is 2.74. The Morgan fingerprint density at radius 1 is 1.03 bits per heavy atom. The summed E-state index contributed by atoms with van der Waals surface area (Å²) in [6.07, 6.45) is 2.40. The van der Waals surface area contributed by atoms with Crippen LogP contribution in [-0.2, 0) is 16.3 Å². The Bertz CT molecular complexity index is 1150. The van der Waals surface area contributed by atoms with Crippen LogP contribution in [0.25, 0.3) is 10.9 Å². The highest BCUT2D eigenvalue weighted by atomic mass is 32.2. The fraction of sp³-hybridized carbons (Fsp3) is 0.348. The van der Waals surface area contributed by atoms with Crippen molar-refractivity contribution >= 4 is 26.4 Å². The Hall–Kier alpha value is -2.64. The normalized spacial score (nSPS) is 15.5. The number of aromatic nitrogens is 1. The van der Waals surface area contributed by atoms with Crippen molar-refractivity contribution in [3.8, 4) is 5.75 Å². The molecule has 0 amide bonds. The number of nitrogens with zero attached hydrogens (tertiary/aromatic N) is 3. The summed E-state index contributed by atoms with van der Waals surface area (Å²) >= 11 is 0. The first-order valence-electron chi connectivity index (χ1n) is 10.2. The van der Waals surface area contributed by atoms with Crippen LogP contribution in [0.4, 0.5) is 5.69 Å². The van der Waals surface area contributed by atoms with Crippen LogP contribution in [0, 0.1) is 0 Å². The van der Waals surface area contributed by atoms with Gasteiger partial charge in [-0.3, -0.25) is 4.98 Å². The third-order valence-corrected chi connectivity index (χ3v) is 7.53. The van der Waals surface area contributed by atoms with E-state index in [-0.39, 0.29) is 9.79 Å². The van der Waals surface area contributed by atoms with E-state index < -0.39 is 9.84 Å². The SMILES string of the molecule is CCc1ccc2ncc(S(=O)(=O)c3ccc(OC)cc3)c(N3CCN(C)CC3)c2c1. The Balaban J connectivity index is 1.92. The number of anilines is 1. The van der Waals surface area contributed by atoms with Gasteiger partial charge in [-0.25, -0.2) is 8.42 Å². The van der Waals surface area contributed by atoms with E-state index >= 15 is 0 Å². The molecule has 1 fully saturated rings. The molecule has 158 valence electrons. The maximum absolute atomic E-state index is 13.6. The highest BCUT2D eigenvalue weighted by molar-refractivity contribution is 7.91. The van der Waals surface area contributed by atoms with Gasteiger partial charge in [-0.15, -0.1) is 0 Å². The van der Waals surface area contributed by atoms with Crippen LogP contribution in [0.15, 0.2) is 58.5 Å². The molecule has 0 bridgehead atoms. The van der Waals surface area contributed by atoms with Crippen LogP contribution in [0.1, 0.15) is 12.5 Å². The number of benzene rings is 2. The molecule has 0 saturated carbocycles. The lowest BCUT2D eigenvalue weighted by Gasteiger charge is -2.35. The molecule has 3 aromatic rings. The van der Waals surface area contributed by atoms with Crippen LogP contribution >= 0.6 is 0 Å². The van der Waals surface area contributed by atoms with Crippen LogP contribution < -0.4 is 9.64 Å². The molecule has 1 aromatic heterocycles. The average Bonchev–Trinajstić information content (AvgIpc) is 2.78. The lowest BCUT2D eigenvalue weighted by Crippen LogP contribution is -2.45. The lowest BCUT2D eigenvalue weighted by molar-refractivity contribution is 0.312. The first kappa shape index (κ1) is 20.6. The minimum absolute atomic E-state index is 0.242. The molecular formula is C23H27N3O3S. The second kappa shape index (κ2) is 8.24. The van der Waals surface area contributed by atoms with Gasteiger partial charge in [0.1, 0.15) is 10.6 Å². The van der Waals surface area contributed by atoms with Gasteiger partial charge in [0.15, 0.2) is 0 Å². The van der Waals surface area contributed by atoms with E-state index in [1.807, 2.05) is 6.07 Å². The fourth-order valence-electron chi connectivity index (χ4n) is 3.86. The van der Waals surface area contributed by atoms with E-state index in [9.17, 15) is 8.42 Å². The number of hydrogen-bond donors (Lipinski definition) is 0. The zero-order chi connectivity index (χ0) is 21.3. The number of sulfone groups is 1. The van der Waals surface area contributed by atoms with Crippen molar-refractivity contribution in [2.45, 2.75) is 23.1 Å². The molecule has 4 rings (SSSR count). The molecule has 6 nitrogen and oxygen atoms in total. The number of ether oxygens (including phenoxy) is 1. The maximum atomic E-state index is 13.6. The van der Waals surface area contributed by atoms with Gasteiger partial charge in [-0.2, -0.15) is 0 Å². The molecule has 7 heteroatoms. The second-order valence-corrected chi connectivity index (χ2v) is 9.56. The monoisotopic (exact) mass is 425 g/mol. The highest BCUT2D eigenvalue weighted by Crippen LogP contribution is 2.37. The van der Waals surface area contributed by atoms with Gasteiger partial charge in [-0.1, -0.05) is 13.0 Å². The van der Waals surface area contributed by atoms with E-state index in [2.05, 4.69) is 40.9 Å². The third kappa shape index (κ3) is 3.75. The summed E-state index contributed by atoms with van der Waals surface area (Å²) in [4.78, 5) is 9.47. The van der Waals surface area contributed by atoms with Crippen molar-refractivity contribution < 1.29 is 13.2 Å². The summed E-state index contributed by atoms with van der Waals surface area (Å²) < 4.78 is 32.5. The van der Waals surface area contributed by atoms with Gasteiger partial charge in [-0.05, 0) is 55.4 Å². The first-order valence-corrected chi connectivity index (χ1v) is 11.7.